The lowest BCUT2D eigenvalue weighted by molar-refractivity contribution is 0.269. The summed E-state index contributed by atoms with van der Waals surface area (Å²) < 4.78 is 10.9. The number of ether oxygens (including phenoxy) is 1. The van der Waals surface area contributed by atoms with Gasteiger partial charge in [0.1, 0.15) is 11.9 Å². The van der Waals surface area contributed by atoms with Crippen LogP contribution in [-0.2, 0) is 0 Å². The molecule has 2 atom stereocenters. The van der Waals surface area contributed by atoms with Crippen LogP contribution in [0.1, 0.15) is 22.6 Å². The molecule has 0 spiro atoms. The lowest BCUT2D eigenvalue weighted by Crippen LogP contribution is -2.15. The topological polar surface area (TPSA) is 66.7 Å². The molecule has 2 aromatic heterocycles. The second-order valence-corrected chi connectivity index (χ2v) is 12.7. The Kier molecular flexibility index (Phi) is 5.76. The molecule has 0 bridgehead atoms. The first kappa shape index (κ1) is 27.3. The van der Waals surface area contributed by atoms with Crippen LogP contribution in [0, 0.1) is 22.7 Å². The number of nitrogens with zero attached hydrogens (tertiary/aromatic N) is 4. The zero-order chi connectivity index (χ0) is 32.6. The van der Waals surface area contributed by atoms with Gasteiger partial charge in [0.05, 0.1) is 45.3 Å². The van der Waals surface area contributed by atoms with Gasteiger partial charge in [-0.25, -0.2) is 0 Å². The Morgan fingerprint density at radius 1 is 0.510 bits per heavy atom. The van der Waals surface area contributed by atoms with Crippen molar-refractivity contribution < 1.29 is 4.74 Å². The summed E-state index contributed by atoms with van der Waals surface area (Å²) in [7, 11) is 0. The number of hydrogen-bond acceptors (Lipinski definition) is 3. The predicted octanol–water partition coefficient (Wildman–Crippen LogP) is 10.3. The van der Waals surface area contributed by atoms with Crippen molar-refractivity contribution in [2.24, 2.45) is 0 Å². The van der Waals surface area contributed by atoms with Gasteiger partial charge in [0.25, 0.3) is 0 Å². The van der Waals surface area contributed by atoms with E-state index in [1.807, 2.05) is 42.5 Å². The molecular weight excluding hydrogens is 601 g/mol. The van der Waals surface area contributed by atoms with E-state index in [0.717, 1.165) is 71.9 Å². The standard InChI is InChI=1S/C44H26N4O/c45-25-27-17-19-29(47-39-13-5-1-9-31(39)32-10-2-6-14-40(32)47)21-35(27)36-22-30(20-18-28(36)26-46)48-41-15-7-3-11-33(41)37-24-44-38(23-42(37)48)34-12-4-8-16-43(34)49-44/h1-24,34,43H. The van der Waals surface area contributed by atoms with Crippen LogP contribution in [0.15, 0.2) is 146 Å². The number of benzene rings is 6. The van der Waals surface area contributed by atoms with Crippen LogP contribution in [0.25, 0.3) is 66.1 Å². The molecule has 5 nitrogen and oxygen atoms in total. The molecule has 0 saturated heterocycles. The Morgan fingerprint density at radius 2 is 1.02 bits per heavy atom. The van der Waals surface area contributed by atoms with E-state index in [1.54, 1.807) is 0 Å². The minimum Gasteiger partial charge on any atom is -0.485 e. The highest BCUT2D eigenvalue weighted by atomic mass is 16.5. The average Bonchev–Trinajstić information content (AvgIpc) is 3.80. The highest BCUT2D eigenvalue weighted by Crippen LogP contribution is 2.46. The van der Waals surface area contributed by atoms with E-state index in [-0.39, 0.29) is 12.0 Å². The van der Waals surface area contributed by atoms with Crippen LogP contribution in [0.4, 0.5) is 0 Å². The number of para-hydroxylation sites is 3. The third kappa shape index (κ3) is 3.91. The van der Waals surface area contributed by atoms with Crippen molar-refractivity contribution in [3.05, 3.63) is 162 Å². The number of nitriles is 2. The van der Waals surface area contributed by atoms with E-state index in [0.29, 0.717) is 11.1 Å². The van der Waals surface area contributed by atoms with Gasteiger partial charge in [-0.2, -0.15) is 10.5 Å². The smallest absolute Gasteiger partial charge is 0.128 e. The van der Waals surface area contributed by atoms with Gasteiger partial charge >= 0.3 is 0 Å². The molecule has 3 heterocycles. The largest absolute Gasteiger partial charge is 0.485 e. The van der Waals surface area contributed by atoms with Crippen LogP contribution in [0.5, 0.6) is 5.75 Å². The number of hydrogen-bond donors (Lipinski definition) is 0. The Balaban J connectivity index is 1.21. The first-order chi connectivity index (χ1) is 24.2. The van der Waals surface area contributed by atoms with E-state index in [4.69, 9.17) is 4.74 Å². The highest BCUT2D eigenvalue weighted by molar-refractivity contribution is 6.11. The van der Waals surface area contributed by atoms with Crippen LogP contribution < -0.4 is 4.74 Å². The summed E-state index contributed by atoms with van der Waals surface area (Å²) in [5.74, 6) is 1.08. The number of allylic oxidation sites excluding steroid dienone is 2. The zero-order valence-electron chi connectivity index (χ0n) is 26.2. The van der Waals surface area contributed by atoms with Crippen molar-refractivity contribution in [1.82, 2.24) is 9.13 Å². The molecule has 0 amide bonds. The lowest BCUT2D eigenvalue weighted by atomic mass is 9.91. The second-order valence-electron chi connectivity index (χ2n) is 12.7. The van der Waals surface area contributed by atoms with Crippen LogP contribution in [0.3, 0.4) is 0 Å². The predicted molar refractivity (Wildman–Crippen MR) is 195 cm³/mol. The molecule has 5 heteroatoms. The molecule has 0 radical (unpaired) electrons. The number of fused-ring (bicyclic) bond motifs is 9. The number of rotatable bonds is 3. The summed E-state index contributed by atoms with van der Waals surface area (Å²) in [6, 6.07) is 46.3. The molecule has 0 saturated carbocycles. The third-order valence-electron chi connectivity index (χ3n) is 10.1. The van der Waals surface area contributed by atoms with Crippen molar-refractivity contribution in [3.63, 3.8) is 0 Å². The van der Waals surface area contributed by atoms with E-state index >= 15 is 0 Å². The first-order valence-electron chi connectivity index (χ1n) is 16.4. The van der Waals surface area contributed by atoms with Gasteiger partial charge in [-0.05, 0) is 72.8 Å². The van der Waals surface area contributed by atoms with Crippen LogP contribution in [0.2, 0.25) is 0 Å². The number of aromatic nitrogens is 2. The van der Waals surface area contributed by atoms with Crippen molar-refractivity contribution in [3.8, 4) is 40.4 Å². The van der Waals surface area contributed by atoms with Gasteiger partial charge in [0.2, 0.25) is 0 Å². The van der Waals surface area contributed by atoms with Crippen LogP contribution >= 0.6 is 0 Å². The summed E-state index contributed by atoms with van der Waals surface area (Å²) in [5, 5.41) is 25.3. The summed E-state index contributed by atoms with van der Waals surface area (Å²) in [5.41, 5.74) is 9.78. The summed E-state index contributed by atoms with van der Waals surface area (Å²) in [4.78, 5) is 0. The van der Waals surface area contributed by atoms with Crippen molar-refractivity contribution in [1.29, 1.82) is 10.5 Å². The normalized spacial score (nSPS) is 16.1. The monoisotopic (exact) mass is 626 g/mol. The minimum atomic E-state index is -0.000971. The molecule has 8 aromatic rings. The van der Waals surface area contributed by atoms with Gasteiger partial charge in [0, 0.05) is 55.5 Å². The molecular formula is C44H26N4O. The van der Waals surface area contributed by atoms with Crippen LogP contribution in [-0.4, -0.2) is 15.2 Å². The highest BCUT2D eigenvalue weighted by Gasteiger charge is 2.33. The first-order valence-corrected chi connectivity index (χ1v) is 16.4. The van der Waals surface area contributed by atoms with E-state index in [9.17, 15) is 10.5 Å². The SMILES string of the molecule is N#Cc1ccc(-n2c3ccccc3c3ccccc32)cc1-c1cc(-n2c3ccccc3c3cc4c(cc32)C2C=CC=CC2O4)ccc1C#N. The Morgan fingerprint density at radius 3 is 1.59 bits per heavy atom. The molecule has 2 unspecified atom stereocenters. The summed E-state index contributed by atoms with van der Waals surface area (Å²) in [6.07, 6.45) is 8.47. The van der Waals surface area contributed by atoms with Gasteiger partial charge in [0.15, 0.2) is 0 Å². The molecule has 10 rings (SSSR count). The molecule has 0 fully saturated rings. The summed E-state index contributed by atoms with van der Waals surface area (Å²) >= 11 is 0. The summed E-state index contributed by atoms with van der Waals surface area (Å²) in [6.45, 7) is 0. The minimum absolute atomic E-state index is 0.000971. The fourth-order valence-electron chi connectivity index (χ4n) is 7.96. The van der Waals surface area contributed by atoms with E-state index < -0.39 is 0 Å². The Labute approximate surface area is 282 Å². The molecule has 1 aliphatic carbocycles. The molecule has 6 aromatic carbocycles. The van der Waals surface area contributed by atoms with Crippen molar-refractivity contribution in [2.45, 2.75) is 12.0 Å². The fraction of sp³-hybridized carbons (Fsp3) is 0.0455. The van der Waals surface area contributed by atoms with Crippen molar-refractivity contribution in [2.75, 3.05) is 0 Å². The maximum Gasteiger partial charge on any atom is 0.128 e. The van der Waals surface area contributed by atoms with Gasteiger partial charge in [-0.1, -0.05) is 72.8 Å². The maximum atomic E-state index is 10.4. The van der Waals surface area contributed by atoms with Gasteiger partial charge in [-0.15, -0.1) is 0 Å². The maximum absolute atomic E-state index is 10.4. The van der Waals surface area contributed by atoms with Gasteiger partial charge < -0.3 is 13.9 Å². The third-order valence-corrected chi connectivity index (χ3v) is 10.1. The Bertz CT molecular complexity index is 2800. The van der Waals surface area contributed by atoms with Crippen molar-refractivity contribution >= 4 is 43.6 Å². The molecule has 2 aliphatic rings. The quantitative estimate of drug-likeness (QED) is 0.196. The van der Waals surface area contributed by atoms with Gasteiger partial charge in [-0.3, -0.25) is 0 Å². The second kappa shape index (κ2) is 10.3. The lowest BCUT2D eigenvalue weighted by Gasteiger charge is -2.15. The zero-order valence-corrected chi connectivity index (χ0v) is 26.2. The average molecular weight is 627 g/mol. The molecule has 228 valence electrons. The molecule has 49 heavy (non-hydrogen) atoms. The molecule has 1 aliphatic heterocycles. The fourth-order valence-corrected chi connectivity index (χ4v) is 7.96. The van der Waals surface area contributed by atoms with E-state index in [1.165, 1.54) is 5.56 Å². The Hall–Kier alpha value is -6.82. The van der Waals surface area contributed by atoms with E-state index in [2.05, 4.69) is 124 Å². The molecule has 0 N–H and O–H groups in total.